The summed E-state index contributed by atoms with van der Waals surface area (Å²) in [7, 11) is 0. The van der Waals surface area contributed by atoms with Crippen molar-refractivity contribution in [1.29, 1.82) is 0 Å². The zero-order chi connectivity index (χ0) is 12.8. The number of hydrogen-bond donors (Lipinski definition) is 1. The van der Waals surface area contributed by atoms with Gasteiger partial charge in [0.1, 0.15) is 0 Å². The molecule has 0 aliphatic rings. The van der Waals surface area contributed by atoms with Crippen LogP contribution in [-0.4, -0.2) is 30.4 Å². The Morgan fingerprint density at radius 2 is 2.06 bits per heavy atom. The number of amides is 1. The van der Waals surface area contributed by atoms with Gasteiger partial charge in [-0.1, -0.05) is 26.7 Å². The quantitative estimate of drug-likeness (QED) is 0.719. The van der Waals surface area contributed by atoms with Crippen molar-refractivity contribution in [2.75, 3.05) is 19.6 Å². The summed E-state index contributed by atoms with van der Waals surface area (Å²) in [5.41, 5.74) is 5.78. The third kappa shape index (κ3) is 5.18. The molecule has 0 aromatic carbocycles. The average molecular weight is 224 g/mol. The highest BCUT2D eigenvalue weighted by molar-refractivity contribution is 5.79. The van der Waals surface area contributed by atoms with Crippen molar-refractivity contribution >= 4 is 5.91 Å². The topological polar surface area (TPSA) is 46.3 Å². The summed E-state index contributed by atoms with van der Waals surface area (Å²) in [6.07, 6.45) is 6.03. The lowest BCUT2D eigenvalue weighted by Gasteiger charge is -2.28. The van der Waals surface area contributed by atoms with Gasteiger partial charge in [0.15, 0.2) is 0 Å². The first kappa shape index (κ1) is 15.0. The number of carbonyl (C=O) groups excluding carboxylic acids is 1. The van der Waals surface area contributed by atoms with Gasteiger partial charge in [-0.3, -0.25) is 4.79 Å². The normalized spacial score (nSPS) is 13.0. The fraction of sp³-hybridized carbons (Fsp3) is 0.769. The first-order valence-corrected chi connectivity index (χ1v) is 5.78. The molecule has 0 radical (unpaired) electrons. The number of rotatable bonds is 5. The molecule has 16 heavy (non-hydrogen) atoms. The van der Waals surface area contributed by atoms with Crippen molar-refractivity contribution in [3.63, 3.8) is 0 Å². The van der Waals surface area contributed by atoms with E-state index in [0.717, 1.165) is 6.42 Å². The van der Waals surface area contributed by atoms with Crippen molar-refractivity contribution in [3.05, 3.63) is 0 Å². The second-order valence-corrected chi connectivity index (χ2v) is 5.25. The van der Waals surface area contributed by atoms with Crippen LogP contribution < -0.4 is 5.73 Å². The van der Waals surface area contributed by atoms with E-state index in [2.05, 4.69) is 26.7 Å². The number of terminal acetylenes is 1. The molecular formula is C13H24N2O. The summed E-state index contributed by atoms with van der Waals surface area (Å²) in [5, 5.41) is 0. The third-order valence-corrected chi connectivity index (χ3v) is 2.47. The van der Waals surface area contributed by atoms with Gasteiger partial charge < -0.3 is 10.6 Å². The zero-order valence-electron chi connectivity index (χ0n) is 10.9. The average Bonchev–Trinajstić information content (AvgIpc) is 2.20. The Morgan fingerprint density at radius 3 is 2.38 bits per heavy atom. The Labute approximate surface area is 99.4 Å². The van der Waals surface area contributed by atoms with Crippen LogP contribution in [0.25, 0.3) is 0 Å². The van der Waals surface area contributed by atoms with E-state index in [1.54, 1.807) is 4.90 Å². The van der Waals surface area contributed by atoms with Crippen LogP contribution in [0.1, 0.15) is 34.1 Å². The van der Waals surface area contributed by atoms with Crippen molar-refractivity contribution in [2.24, 2.45) is 17.1 Å². The Kier molecular flexibility index (Phi) is 6.13. The first-order valence-electron chi connectivity index (χ1n) is 5.78. The highest BCUT2D eigenvalue weighted by atomic mass is 16.2. The molecule has 0 saturated carbocycles. The van der Waals surface area contributed by atoms with Crippen LogP contribution in [0.2, 0.25) is 0 Å². The molecule has 1 amide bonds. The van der Waals surface area contributed by atoms with Gasteiger partial charge in [-0.05, 0) is 18.8 Å². The van der Waals surface area contributed by atoms with E-state index in [0.29, 0.717) is 19.6 Å². The van der Waals surface area contributed by atoms with Gasteiger partial charge in [-0.15, -0.1) is 6.42 Å². The standard InChI is InChI=1S/C13H24N2O/c1-6-8-15(7-2)12(16)11(10-14)9-13(3,4)5/h1,11H,7-10,14H2,2-5H3. The minimum atomic E-state index is -0.117. The summed E-state index contributed by atoms with van der Waals surface area (Å²) in [5.74, 6) is 2.47. The lowest BCUT2D eigenvalue weighted by molar-refractivity contribution is -0.135. The van der Waals surface area contributed by atoms with Crippen molar-refractivity contribution < 1.29 is 4.79 Å². The maximum Gasteiger partial charge on any atom is 0.227 e. The molecular weight excluding hydrogens is 200 g/mol. The fourth-order valence-corrected chi connectivity index (χ4v) is 1.72. The predicted molar refractivity (Wildman–Crippen MR) is 67.7 cm³/mol. The Balaban J connectivity index is 4.58. The van der Waals surface area contributed by atoms with Crippen LogP contribution in [0, 0.1) is 23.7 Å². The van der Waals surface area contributed by atoms with E-state index >= 15 is 0 Å². The number of hydrogen-bond acceptors (Lipinski definition) is 2. The molecule has 3 nitrogen and oxygen atoms in total. The number of nitrogens with two attached hydrogens (primary N) is 1. The highest BCUT2D eigenvalue weighted by Crippen LogP contribution is 2.25. The van der Waals surface area contributed by atoms with Gasteiger partial charge in [0.05, 0.1) is 12.5 Å². The maximum absolute atomic E-state index is 12.1. The van der Waals surface area contributed by atoms with Crippen LogP contribution in [0.4, 0.5) is 0 Å². The van der Waals surface area contributed by atoms with Crippen LogP contribution in [0.3, 0.4) is 0 Å². The first-order chi connectivity index (χ1) is 7.35. The van der Waals surface area contributed by atoms with Gasteiger partial charge in [0, 0.05) is 13.1 Å². The predicted octanol–water partition coefficient (Wildman–Crippen LogP) is 1.48. The molecule has 0 aliphatic carbocycles. The van der Waals surface area contributed by atoms with Crippen LogP contribution >= 0.6 is 0 Å². The minimum Gasteiger partial charge on any atom is -0.332 e. The Hall–Kier alpha value is -1.01. The molecule has 0 fully saturated rings. The molecule has 0 saturated heterocycles. The monoisotopic (exact) mass is 224 g/mol. The van der Waals surface area contributed by atoms with E-state index in [1.807, 2.05) is 6.92 Å². The van der Waals surface area contributed by atoms with E-state index in [1.165, 1.54) is 0 Å². The Morgan fingerprint density at radius 1 is 1.50 bits per heavy atom. The minimum absolute atomic E-state index is 0.0814. The second-order valence-electron chi connectivity index (χ2n) is 5.25. The molecule has 92 valence electrons. The van der Waals surface area contributed by atoms with Gasteiger partial charge >= 0.3 is 0 Å². The molecule has 0 aromatic rings. The summed E-state index contributed by atoms with van der Waals surface area (Å²) < 4.78 is 0. The van der Waals surface area contributed by atoms with Crippen LogP contribution in [0.5, 0.6) is 0 Å². The molecule has 0 aromatic heterocycles. The fourth-order valence-electron chi connectivity index (χ4n) is 1.72. The molecule has 0 rings (SSSR count). The second kappa shape index (κ2) is 6.55. The summed E-state index contributed by atoms with van der Waals surface area (Å²) in [4.78, 5) is 13.8. The van der Waals surface area contributed by atoms with E-state index < -0.39 is 0 Å². The van der Waals surface area contributed by atoms with Gasteiger partial charge in [0.25, 0.3) is 0 Å². The van der Waals surface area contributed by atoms with Gasteiger partial charge in [-0.2, -0.15) is 0 Å². The van der Waals surface area contributed by atoms with Gasteiger partial charge in [0.2, 0.25) is 5.91 Å². The highest BCUT2D eigenvalue weighted by Gasteiger charge is 2.26. The molecule has 2 N–H and O–H groups in total. The summed E-state index contributed by atoms with van der Waals surface area (Å²) in [6.45, 7) is 9.66. The van der Waals surface area contributed by atoms with Crippen LogP contribution in [0.15, 0.2) is 0 Å². The van der Waals surface area contributed by atoms with E-state index in [4.69, 9.17) is 12.2 Å². The smallest absolute Gasteiger partial charge is 0.227 e. The van der Waals surface area contributed by atoms with Crippen LogP contribution in [-0.2, 0) is 4.79 Å². The number of nitrogens with zero attached hydrogens (tertiary/aromatic N) is 1. The third-order valence-electron chi connectivity index (χ3n) is 2.47. The molecule has 3 heteroatoms. The zero-order valence-corrected chi connectivity index (χ0v) is 10.9. The SMILES string of the molecule is C#CCN(CC)C(=O)C(CN)CC(C)(C)C. The molecule has 1 unspecified atom stereocenters. The summed E-state index contributed by atoms with van der Waals surface area (Å²) >= 11 is 0. The van der Waals surface area contributed by atoms with Crippen molar-refractivity contribution in [1.82, 2.24) is 4.90 Å². The number of carbonyl (C=O) groups is 1. The maximum atomic E-state index is 12.1. The van der Waals surface area contributed by atoms with Gasteiger partial charge in [-0.25, -0.2) is 0 Å². The molecule has 1 atom stereocenters. The molecule has 0 bridgehead atoms. The van der Waals surface area contributed by atoms with Crippen molar-refractivity contribution in [2.45, 2.75) is 34.1 Å². The van der Waals surface area contributed by atoms with E-state index in [-0.39, 0.29) is 17.2 Å². The molecule has 0 aliphatic heterocycles. The lowest BCUT2D eigenvalue weighted by atomic mass is 9.84. The molecule has 0 spiro atoms. The van der Waals surface area contributed by atoms with Crippen molar-refractivity contribution in [3.8, 4) is 12.3 Å². The molecule has 0 heterocycles. The van der Waals surface area contributed by atoms with E-state index in [9.17, 15) is 4.79 Å². The Bertz CT molecular complexity index is 260. The lowest BCUT2D eigenvalue weighted by Crippen LogP contribution is -2.40. The summed E-state index contributed by atoms with van der Waals surface area (Å²) in [6, 6.07) is 0. The largest absolute Gasteiger partial charge is 0.332 e.